The average molecular weight is 329 g/mol. The summed E-state index contributed by atoms with van der Waals surface area (Å²) in [5.41, 5.74) is 2.15. The van der Waals surface area contributed by atoms with Crippen LogP contribution in [0.5, 0.6) is 0 Å². The second-order valence-electron chi connectivity index (χ2n) is 3.94. The highest BCUT2D eigenvalue weighted by Gasteiger charge is 2.01. The van der Waals surface area contributed by atoms with Gasteiger partial charge in [0, 0.05) is 17.6 Å². The van der Waals surface area contributed by atoms with Crippen molar-refractivity contribution in [2.24, 2.45) is 0 Å². The van der Waals surface area contributed by atoms with Gasteiger partial charge in [-0.05, 0) is 29.3 Å². The summed E-state index contributed by atoms with van der Waals surface area (Å²) in [6.07, 6.45) is 0. The van der Waals surface area contributed by atoms with Crippen molar-refractivity contribution in [2.75, 3.05) is 0 Å². The third-order valence-electron chi connectivity index (χ3n) is 2.59. The molecule has 0 atom stereocenters. The minimum Gasteiger partial charge on any atom is -0.309 e. The van der Waals surface area contributed by atoms with Gasteiger partial charge in [0.15, 0.2) is 0 Å². The molecule has 0 bridgehead atoms. The summed E-state index contributed by atoms with van der Waals surface area (Å²) in [6, 6.07) is 12.8. The first-order valence-corrected chi connectivity index (χ1v) is 6.72. The van der Waals surface area contributed by atoms with Gasteiger partial charge in [-0.25, -0.2) is 4.39 Å². The highest BCUT2D eigenvalue weighted by Crippen LogP contribution is 2.17. The van der Waals surface area contributed by atoms with Crippen molar-refractivity contribution in [1.82, 2.24) is 5.32 Å². The van der Waals surface area contributed by atoms with Crippen LogP contribution in [0.4, 0.5) is 4.39 Å². The third kappa shape index (κ3) is 3.55. The lowest BCUT2D eigenvalue weighted by Gasteiger charge is -2.07. The Bertz CT molecular complexity index is 545. The molecule has 0 aliphatic rings. The molecule has 0 fully saturated rings. The summed E-state index contributed by atoms with van der Waals surface area (Å²) in [5, 5.41) is 3.46. The molecule has 0 spiro atoms. The lowest BCUT2D eigenvalue weighted by molar-refractivity contribution is 0.625. The fourth-order valence-electron chi connectivity index (χ4n) is 1.63. The minimum absolute atomic E-state index is 0.162. The number of hydrogen-bond donors (Lipinski definition) is 1. The van der Waals surface area contributed by atoms with Crippen LogP contribution in [0.1, 0.15) is 11.1 Å². The zero-order valence-corrected chi connectivity index (χ0v) is 11.9. The van der Waals surface area contributed by atoms with E-state index in [1.165, 1.54) is 11.6 Å². The van der Waals surface area contributed by atoms with Crippen molar-refractivity contribution < 1.29 is 4.39 Å². The van der Waals surface area contributed by atoms with Gasteiger partial charge in [-0.3, -0.25) is 0 Å². The van der Waals surface area contributed by atoms with Crippen molar-refractivity contribution >= 4 is 27.5 Å². The Balaban J connectivity index is 1.92. The number of rotatable bonds is 4. The maximum absolute atomic E-state index is 13.0. The first-order chi connectivity index (χ1) is 8.66. The Morgan fingerprint density at radius 3 is 2.61 bits per heavy atom. The molecular weight excluding hydrogens is 317 g/mol. The maximum Gasteiger partial charge on any atom is 0.141 e. The van der Waals surface area contributed by atoms with Crippen molar-refractivity contribution in [1.29, 1.82) is 0 Å². The summed E-state index contributed by atoms with van der Waals surface area (Å²) in [5.74, 6) is -0.383. The molecule has 2 rings (SSSR count). The quantitative estimate of drug-likeness (QED) is 0.869. The molecule has 1 nitrogen and oxygen atoms in total. The van der Waals surface area contributed by atoms with E-state index in [1.807, 2.05) is 18.2 Å². The maximum atomic E-state index is 13.0. The molecule has 0 saturated carbocycles. The molecule has 1 N–H and O–H groups in total. The zero-order chi connectivity index (χ0) is 13.0. The van der Waals surface area contributed by atoms with Crippen LogP contribution in [-0.2, 0) is 13.1 Å². The molecule has 0 aromatic heterocycles. The van der Waals surface area contributed by atoms with E-state index in [0.717, 1.165) is 16.6 Å². The first kappa shape index (κ1) is 13.5. The molecular formula is C14H12BrClFN. The van der Waals surface area contributed by atoms with Crippen molar-refractivity contribution in [2.45, 2.75) is 13.1 Å². The Hall–Kier alpha value is -0.900. The van der Waals surface area contributed by atoms with Crippen molar-refractivity contribution in [3.05, 3.63) is 68.9 Å². The summed E-state index contributed by atoms with van der Waals surface area (Å²) in [6.45, 7) is 1.40. The van der Waals surface area contributed by atoms with E-state index in [1.54, 1.807) is 12.1 Å². The van der Waals surface area contributed by atoms with Gasteiger partial charge < -0.3 is 5.32 Å². The molecule has 94 valence electrons. The van der Waals surface area contributed by atoms with Crippen LogP contribution in [0, 0.1) is 5.82 Å². The van der Waals surface area contributed by atoms with Gasteiger partial charge >= 0.3 is 0 Å². The second kappa shape index (κ2) is 6.32. The van der Waals surface area contributed by atoms with Crippen molar-refractivity contribution in [3.8, 4) is 0 Å². The number of benzene rings is 2. The Labute approximate surface area is 119 Å². The molecule has 2 aromatic rings. The average Bonchev–Trinajstić information content (AvgIpc) is 2.36. The van der Waals surface area contributed by atoms with Crippen LogP contribution in [0.15, 0.2) is 46.9 Å². The highest BCUT2D eigenvalue weighted by atomic mass is 79.9. The normalized spacial score (nSPS) is 10.6. The molecule has 0 radical (unpaired) electrons. The predicted molar refractivity (Wildman–Crippen MR) is 76.1 cm³/mol. The van der Waals surface area contributed by atoms with Gasteiger partial charge in [-0.2, -0.15) is 0 Å². The van der Waals surface area contributed by atoms with E-state index < -0.39 is 0 Å². The van der Waals surface area contributed by atoms with Gasteiger partial charge in [-0.15, -0.1) is 0 Å². The lowest BCUT2D eigenvalue weighted by atomic mass is 10.2. The molecule has 0 amide bonds. The van der Waals surface area contributed by atoms with E-state index in [2.05, 4.69) is 27.3 Å². The zero-order valence-electron chi connectivity index (χ0n) is 9.59. The fraction of sp³-hybridized carbons (Fsp3) is 0.143. The van der Waals surface area contributed by atoms with Gasteiger partial charge in [0.05, 0.1) is 5.02 Å². The molecule has 0 unspecified atom stereocenters. The molecule has 4 heteroatoms. The molecule has 0 saturated heterocycles. The van der Waals surface area contributed by atoms with Crippen LogP contribution in [0.25, 0.3) is 0 Å². The van der Waals surface area contributed by atoms with E-state index in [0.29, 0.717) is 6.54 Å². The van der Waals surface area contributed by atoms with Gasteiger partial charge in [0.2, 0.25) is 0 Å². The number of hydrogen-bond acceptors (Lipinski definition) is 1. The van der Waals surface area contributed by atoms with E-state index in [-0.39, 0.29) is 10.8 Å². The Morgan fingerprint density at radius 2 is 1.89 bits per heavy atom. The molecule has 0 heterocycles. The fourth-order valence-corrected chi connectivity index (χ4v) is 2.26. The molecule has 0 aliphatic heterocycles. The standard InChI is InChI=1S/C14H12BrClFN/c15-12-4-2-1-3-11(12)9-18-8-10-5-6-14(17)13(16)7-10/h1-7,18H,8-9H2. The van der Waals surface area contributed by atoms with Gasteiger partial charge in [0.25, 0.3) is 0 Å². The first-order valence-electron chi connectivity index (χ1n) is 5.55. The van der Waals surface area contributed by atoms with Crippen LogP contribution in [0.2, 0.25) is 5.02 Å². The van der Waals surface area contributed by atoms with E-state index >= 15 is 0 Å². The van der Waals surface area contributed by atoms with Gasteiger partial charge in [0.1, 0.15) is 5.82 Å². The Kier molecular flexibility index (Phi) is 4.75. The monoisotopic (exact) mass is 327 g/mol. The second-order valence-corrected chi connectivity index (χ2v) is 5.20. The minimum atomic E-state index is -0.383. The summed E-state index contributed by atoms with van der Waals surface area (Å²) in [7, 11) is 0. The van der Waals surface area contributed by atoms with Crippen LogP contribution in [-0.4, -0.2) is 0 Å². The smallest absolute Gasteiger partial charge is 0.141 e. The van der Waals surface area contributed by atoms with Crippen LogP contribution in [0.3, 0.4) is 0 Å². The molecule has 2 aromatic carbocycles. The lowest BCUT2D eigenvalue weighted by Crippen LogP contribution is -2.13. The number of nitrogens with one attached hydrogen (secondary N) is 1. The summed E-state index contributed by atoms with van der Waals surface area (Å²) < 4.78 is 14.1. The van der Waals surface area contributed by atoms with E-state index in [4.69, 9.17) is 11.6 Å². The predicted octanol–water partition coefficient (Wildman–Crippen LogP) is 4.53. The number of halogens is 3. The van der Waals surface area contributed by atoms with Gasteiger partial charge in [-0.1, -0.05) is 51.8 Å². The summed E-state index contributed by atoms with van der Waals surface area (Å²) in [4.78, 5) is 0. The van der Waals surface area contributed by atoms with Crippen LogP contribution < -0.4 is 5.32 Å². The summed E-state index contributed by atoms with van der Waals surface area (Å²) >= 11 is 9.22. The SMILES string of the molecule is Fc1ccc(CNCc2ccccc2Br)cc1Cl. The molecule has 0 aliphatic carbocycles. The molecule has 18 heavy (non-hydrogen) atoms. The Morgan fingerprint density at radius 1 is 1.11 bits per heavy atom. The largest absolute Gasteiger partial charge is 0.309 e. The topological polar surface area (TPSA) is 12.0 Å². The van der Waals surface area contributed by atoms with Crippen molar-refractivity contribution in [3.63, 3.8) is 0 Å². The van der Waals surface area contributed by atoms with Crippen LogP contribution >= 0.6 is 27.5 Å². The third-order valence-corrected chi connectivity index (χ3v) is 3.65. The highest BCUT2D eigenvalue weighted by molar-refractivity contribution is 9.10. The van der Waals surface area contributed by atoms with E-state index in [9.17, 15) is 4.39 Å².